The molecule has 58 heavy (non-hydrogen) atoms. The van der Waals surface area contributed by atoms with E-state index in [2.05, 4.69) is 16.0 Å². The molecular weight excluding hydrogens is 772 g/mol. The maximum Gasteiger partial charge on any atom is 0.318 e. The van der Waals surface area contributed by atoms with Gasteiger partial charge in [0.05, 0.1) is 39.9 Å². The van der Waals surface area contributed by atoms with E-state index in [4.69, 9.17) is 55.4 Å². The van der Waals surface area contributed by atoms with Gasteiger partial charge in [-0.3, -0.25) is 14.7 Å². The average molecular weight is 847 g/mol. The molecule has 0 radical (unpaired) electrons. The Balaban J connectivity index is -0.000000144. The molecule has 16 N–H and O–H groups in total. The van der Waals surface area contributed by atoms with Crippen molar-refractivity contribution in [1.29, 1.82) is 0 Å². The molecule has 0 fully saturated rings. The topological polar surface area (TPSA) is 345 Å². The highest BCUT2D eigenvalue weighted by Gasteiger charge is 2.04. The van der Waals surface area contributed by atoms with Gasteiger partial charge in [-0.1, -0.05) is 24.3 Å². The van der Waals surface area contributed by atoms with Gasteiger partial charge in [-0.25, -0.2) is 9.59 Å². The molecule has 0 aliphatic heterocycles. The summed E-state index contributed by atoms with van der Waals surface area (Å²) in [6.07, 6.45) is 0. The van der Waals surface area contributed by atoms with Crippen LogP contribution in [0.1, 0.15) is 22.3 Å². The van der Waals surface area contributed by atoms with E-state index >= 15 is 0 Å². The molecule has 2 aromatic carbocycles. The molecule has 23 nitrogen and oxygen atoms in total. The van der Waals surface area contributed by atoms with Gasteiger partial charge in [0.25, 0.3) is 0 Å². The van der Waals surface area contributed by atoms with Gasteiger partial charge in [0.15, 0.2) is 0 Å². The van der Waals surface area contributed by atoms with Crippen molar-refractivity contribution in [2.24, 2.45) is 0 Å². The molecule has 2 aromatic rings. The lowest BCUT2D eigenvalue weighted by Crippen LogP contribution is -2.37. The zero-order valence-electron chi connectivity index (χ0n) is 35.6. The van der Waals surface area contributed by atoms with Gasteiger partial charge in [0.1, 0.15) is 45.2 Å². The summed E-state index contributed by atoms with van der Waals surface area (Å²) < 4.78 is 10.4. The second-order valence-corrected chi connectivity index (χ2v) is 11.0. The fourth-order valence-corrected chi connectivity index (χ4v) is 2.79. The highest BCUT2D eigenvalue weighted by molar-refractivity contribution is 5.73. The zero-order valence-corrected chi connectivity index (χ0v) is 35.6. The van der Waals surface area contributed by atoms with E-state index in [-0.39, 0.29) is 51.5 Å². The number of para-hydroxylation sites is 1. The minimum absolute atomic E-state index is 0.0162. The lowest BCUT2D eigenvalue weighted by molar-refractivity contribution is 0.0450. The number of nitrogens with zero attached hydrogens (tertiary/aromatic N) is 3. The second-order valence-electron chi connectivity index (χ2n) is 11.0. The Bertz CT molecular complexity index is 1140. The SMILES string of the molecule is CN(C)CO.CN(C)COCNC(=O)NCO.CN(C)COCc1ccc(O)c(CO)c1.CNC.CO.CO.O=C(NCO)NCO.OCc1cccc(CO)c1O. The molecule has 0 aliphatic rings. The Morgan fingerprint density at radius 1 is 0.586 bits per heavy atom. The lowest BCUT2D eigenvalue weighted by atomic mass is 10.1. The molecule has 0 spiro atoms. The first-order valence-corrected chi connectivity index (χ1v) is 17.1. The third kappa shape index (κ3) is 48.1. The summed E-state index contributed by atoms with van der Waals surface area (Å²) in [5, 5.41) is 103. The van der Waals surface area contributed by atoms with Crippen LogP contribution in [0.2, 0.25) is 0 Å². The Morgan fingerprint density at radius 3 is 1.31 bits per heavy atom. The van der Waals surface area contributed by atoms with Crippen molar-refractivity contribution in [1.82, 2.24) is 41.3 Å². The summed E-state index contributed by atoms with van der Waals surface area (Å²) in [5.74, 6) is 0.103. The smallest absolute Gasteiger partial charge is 0.318 e. The number of phenols is 2. The van der Waals surface area contributed by atoms with Crippen LogP contribution in [0.15, 0.2) is 36.4 Å². The van der Waals surface area contributed by atoms with E-state index in [1.165, 1.54) is 0 Å². The Hall–Kier alpha value is -4.02. The molecule has 0 bridgehead atoms. The molecular formula is C35H74N8O15. The van der Waals surface area contributed by atoms with Crippen molar-refractivity contribution in [2.75, 3.05) is 118 Å². The average Bonchev–Trinajstić information content (AvgIpc) is 3.20. The first kappa shape index (κ1) is 65.8. The van der Waals surface area contributed by atoms with E-state index in [0.29, 0.717) is 36.8 Å². The van der Waals surface area contributed by atoms with Crippen molar-refractivity contribution in [3.8, 4) is 11.5 Å². The van der Waals surface area contributed by atoms with Crippen LogP contribution in [0.3, 0.4) is 0 Å². The molecule has 344 valence electrons. The maximum atomic E-state index is 10.6. The number of aliphatic hydroxyl groups is 9. The number of hydrogen-bond donors (Lipinski definition) is 16. The van der Waals surface area contributed by atoms with Gasteiger partial charge in [0, 0.05) is 30.9 Å². The van der Waals surface area contributed by atoms with E-state index in [1.54, 1.807) is 55.4 Å². The third-order valence-corrected chi connectivity index (χ3v) is 5.16. The predicted molar refractivity (Wildman–Crippen MR) is 218 cm³/mol. The van der Waals surface area contributed by atoms with Crippen LogP contribution < -0.4 is 26.6 Å². The van der Waals surface area contributed by atoms with Crippen molar-refractivity contribution in [3.05, 3.63) is 58.7 Å². The summed E-state index contributed by atoms with van der Waals surface area (Å²) in [7, 11) is 16.9. The van der Waals surface area contributed by atoms with Gasteiger partial charge < -0.3 is 92.2 Å². The Kier molecular flexibility index (Phi) is 57.9. The molecule has 0 aliphatic carbocycles. The molecule has 0 atom stereocenters. The highest BCUT2D eigenvalue weighted by Crippen LogP contribution is 2.22. The largest absolute Gasteiger partial charge is 0.508 e. The normalized spacial score (nSPS) is 9.28. The van der Waals surface area contributed by atoms with Crippen LogP contribution in [0.4, 0.5) is 9.59 Å². The fraction of sp³-hybridized carbons (Fsp3) is 0.600. The summed E-state index contributed by atoms with van der Waals surface area (Å²) >= 11 is 0. The molecule has 23 heteroatoms. The molecule has 0 saturated heterocycles. The summed E-state index contributed by atoms with van der Waals surface area (Å²) in [6, 6.07) is 8.95. The van der Waals surface area contributed by atoms with Crippen LogP contribution in [-0.2, 0) is 35.9 Å². The van der Waals surface area contributed by atoms with E-state index < -0.39 is 25.5 Å². The highest BCUT2D eigenvalue weighted by atomic mass is 16.5. The van der Waals surface area contributed by atoms with Crippen molar-refractivity contribution in [2.45, 2.75) is 26.4 Å². The number of hydrogen-bond acceptors (Lipinski definition) is 19. The van der Waals surface area contributed by atoms with Crippen molar-refractivity contribution < 1.29 is 75.2 Å². The molecule has 0 aromatic heterocycles. The maximum absolute atomic E-state index is 10.6. The van der Waals surface area contributed by atoms with Gasteiger partial charge in [-0.15, -0.1) is 0 Å². The monoisotopic (exact) mass is 847 g/mol. The van der Waals surface area contributed by atoms with E-state index in [9.17, 15) is 19.8 Å². The van der Waals surface area contributed by atoms with Gasteiger partial charge in [-0.2, -0.15) is 0 Å². The number of nitrogens with one attached hydrogen (secondary N) is 5. The van der Waals surface area contributed by atoms with Crippen LogP contribution in [-0.4, -0.2) is 201 Å². The number of amides is 4. The summed E-state index contributed by atoms with van der Waals surface area (Å²) in [4.78, 5) is 26.1. The second kappa shape index (κ2) is 51.0. The quantitative estimate of drug-likeness (QED) is 0.0619. The number of aliphatic hydroxyl groups excluding tert-OH is 9. The fourth-order valence-electron chi connectivity index (χ4n) is 2.79. The molecule has 0 saturated carbocycles. The summed E-state index contributed by atoms with van der Waals surface area (Å²) in [6.45, 7) is -0.0614. The van der Waals surface area contributed by atoms with Gasteiger partial charge in [0.2, 0.25) is 0 Å². The molecule has 4 amide bonds. The van der Waals surface area contributed by atoms with Crippen molar-refractivity contribution >= 4 is 12.1 Å². The number of urea groups is 2. The first-order chi connectivity index (χ1) is 27.6. The van der Waals surface area contributed by atoms with Crippen LogP contribution >= 0.6 is 0 Å². The first-order valence-electron chi connectivity index (χ1n) is 17.1. The van der Waals surface area contributed by atoms with E-state index in [0.717, 1.165) is 19.8 Å². The number of rotatable bonds is 15. The zero-order chi connectivity index (χ0) is 46.3. The number of carbonyl (C=O) groups excluding carboxylic acids is 2. The van der Waals surface area contributed by atoms with E-state index in [1.807, 2.05) is 62.7 Å². The van der Waals surface area contributed by atoms with Gasteiger partial charge >= 0.3 is 12.1 Å². The summed E-state index contributed by atoms with van der Waals surface area (Å²) in [5.41, 5.74) is 2.35. The standard InChI is InChI=1S/C11H17NO3.C8H10O3.C6H15N3O3.C3H8N2O3.C3H9NO.C2H7N.2CH4O/c1-12(2)8-15-7-9-3-4-11(14)10(5-9)6-13;9-4-6-2-1-3-7(5-10)8(6)11;1-9(2)5-12-4-8-6(11)7-3-10;6-1-4-3(8)5-2-7;1-4(2)3-5;1-3-2;2*1-2/h3-5,13-14H,6-8H2,1-2H3;1-3,9-11H,4-5H2;10H,3-5H2,1-2H3,(H2,7,8,11);6-7H,1-2H2,(H2,4,5,8);5H,3H2,1-2H3;3H,1-2H3;2*2H,1H3. The predicted octanol–water partition coefficient (Wildman–Crippen LogP) is -3.24. The lowest BCUT2D eigenvalue weighted by Gasteiger charge is -2.11. The number of benzene rings is 2. The van der Waals surface area contributed by atoms with Crippen LogP contribution in [0, 0.1) is 0 Å². The molecule has 0 unspecified atom stereocenters. The third-order valence-electron chi connectivity index (χ3n) is 5.16. The minimum atomic E-state index is -0.588. The Labute approximate surface area is 342 Å². The van der Waals surface area contributed by atoms with Gasteiger partial charge in [-0.05, 0) is 74.1 Å². The molecule has 0 heterocycles. The number of carbonyl (C=O) groups is 2. The van der Waals surface area contributed by atoms with Crippen LogP contribution in [0.5, 0.6) is 11.5 Å². The minimum Gasteiger partial charge on any atom is -0.508 e. The van der Waals surface area contributed by atoms with Crippen LogP contribution in [0.25, 0.3) is 0 Å². The number of aromatic hydroxyl groups is 2. The van der Waals surface area contributed by atoms with Crippen molar-refractivity contribution in [3.63, 3.8) is 0 Å². The Morgan fingerprint density at radius 2 is 0.966 bits per heavy atom. The number of ether oxygens (including phenoxy) is 2. The molecule has 2 rings (SSSR count).